The molecule has 2 rings (SSSR count). The summed E-state index contributed by atoms with van der Waals surface area (Å²) in [5, 5.41) is 11.8. The number of amides is 1. The molecule has 0 bridgehead atoms. The third kappa shape index (κ3) is 3.39. The Morgan fingerprint density at radius 1 is 1.45 bits per heavy atom. The lowest BCUT2D eigenvalue weighted by molar-refractivity contribution is -0.136. The zero-order valence-corrected chi connectivity index (χ0v) is 11.6. The van der Waals surface area contributed by atoms with E-state index in [-0.39, 0.29) is 18.9 Å². The van der Waals surface area contributed by atoms with Crippen LogP contribution >= 0.6 is 11.3 Å². The van der Waals surface area contributed by atoms with E-state index in [1.54, 1.807) is 25.4 Å². The van der Waals surface area contributed by atoms with E-state index in [1.807, 2.05) is 6.07 Å². The quantitative estimate of drug-likeness (QED) is 0.875. The summed E-state index contributed by atoms with van der Waals surface area (Å²) in [6, 6.07) is 3.68. The summed E-state index contributed by atoms with van der Waals surface area (Å²) in [5.41, 5.74) is 1.48. The Hall–Kier alpha value is -2.28. The molecule has 2 heterocycles. The summed E-state index contributed by atoms with van der Waals surface area (Å²) in [4.78, 5) is 31.2. The summed E-state index contributed by atoms with van der Waals surface area (Å²) >= 11 is 1.27. The van der Waals surface area contributed by atoms with E-state index in [4.69, 9.17) is 5.11 Å². The molecule has 7 heteroatoms. The number of carboxylic acids is 1. The van der Waals surface area contributed by atoms with E-state index in [9.17, 15) is 9.59 Å². The van der Waals surface area contributed by atoms with E-state index in [1.165, 1.54) is 11.3 Å². The first-order valence-corrected chi connectivity index (χ1v) is 6.77. The second kappa shape index (κ2) is 6.25. The van der Waals surface area contributed by atoms with Gasteiger partial charge in [-0.15, -0.1) is 11.3 Å². The molecule has 0 saturated heterocycles. The number of carbonyl (C=O) groups is 2. The molecular weight excluding hydrogens is 278 g/mol. The Kier molecular flexibility index (Phi) is 4.41. The second-order valence-corrected chi connectivity index (χ2v) is 5.07. The molecule has 0 unspecified atom stereocenters. The number of aryl methyl sites for hydroxylation is 1. The van der Waals surface area contributed by atoms with Crippen molar-refractivity contribution in [3.8, 4) is 10.6 Å². The van der Waals surface area contributed by atoms with Gasteiger partial charge in [0.2, 0.25) is 0 Å². The first-order chi connectivity index (χ1) is 9.58. The summed E-state index contributed by atoms with van der Waals surface area (Å²) < 4.78 is 0. The molecule has 20 heavy (non-hydrogen) atoms. The zero-order chi connectivity index (χ0) is 14.5. The van der Waals surface area contributed by atoms with Crippen LogP contribution < -0.4 is 5.32 Å². The van der Waals surface area contributed by atoms with E-state index in [0.29, 0.717) is 10.6 Å². The summed E-state index contributed by atoms with van der Waals surface area (Å²) in [6.07, 6.45) is 3.26. The van der Waals surface area contributed by atoms with Crippen LogP contribution in [0.5, 0.6) is 0 Å². The first-order valence-electron chi connectivity index (χ1n) is 5.95. The molecule has 0 aromatic carbocycles. The zero-order valence-electron chi connectivity index (χ0n) is 10.8. The van der Waals surface area contributed by atoms with Crippen molar-refractivity contribution in [1.29, 1.82) is 0 Å². The van der Waals surface area contributed by atoms with Crippen molar-refractivity contribution in [3.05, 3.63) is 35.1 Å². The number of aliphatic carboxylic acids is 1. The SMILES string of the molecule is Cc1nc(-c2cccnc2)sc1C(=O)NCCC(=O)O. The van der Waals surface area contributed by atoms with Crippen LogP contribution in [-0.2, 0) is 4.79 Å². The molecule has 2 N–H and O–H groups in total. The molecular formula is C13H13N3O3S. The molecule has 0 aliphatic rings. The number of hydrogen-bond acceptors (Lipinski definition) is 5. The molecule has 1 amide bonds. The number of carboxylic acid groups (broad SMARTS) is 1. The van der Waals surface area contributed by atoms with Gasteiger partial charge in [0.05, 0.1) is 12.1 Å². The third-order valence-electron chi connectivity index (χ3n) is 2.54. The molecule has 0 radical (unpaired) electrons. The van der Waals surface area contributed by atoms with Crippen LogP contribution in [-0.4, -0.2) is 33.5 Å². The monoisotopic (exact) mass is 291 g/mol. The number of nitrogens with one attached hydrogen (secondary N) is 1. The Morgan fingerprint density at radius 2 is 2.25 bits per heavy atom. The van der Waals surface area contributed by atoms with Gasteiger partial charge in [0.15, 0.2) is 0 Å². The van der Waals surface area contributed by atoms with Gasteiger partial charge in [0.1, 0.15) is 9.88 Å². The molecule has 0 atom stereocenters. The number of rotatable bonds is 5. The van der Waals surface area contributed by atoms with Crippen LogP contribution in [0.1, 0.15) is 21.8 Å². The fraction of sp³-hybridized carbons (Fsp3) is 0.231. The largest absolute Gasteiger partial charge is 0.481 e. The maximum Gasteiger partial charge on any atom is 0.305 e. The van der Waals surface area contributed by atoms with Crippen molar-refractivity contribution < 1.29 is 14.7 Å². The molecule has 2 aromatic heterocycles. The number of hydrogen-bond donors (Lipinski definition) is 2. The minimum Gasteiger partial charge on any atom is -0.481 e. The van der Waals surface area contributed by atoms with Crippen LogP contribution in [0, 0.1) is 6.92 Å². The molecule has 0 aliphatic heterocycles. The number of pyridine rings is 1. The van der Waals surface area contributed by atoms with Crippen molar-refractivity contribution in [2.24, 2.45) is 0 Å². The van der Waals surface area contributed by atoms with Gasteiger partial charge >= 0.3 is 5.97 Å². The Bertz CT molecular complexity index is 625. The van der Waals surface area contributed by atoms with Gasteiger partial charge in [-0.1, -0.05) is 0 Å². The Balaban J connectivity index is 2.11. The van der Waals surface area contributed by atoms with Crippen molar-refractivity contribution in [2.45, 2.75) is 13.3 Å². The fourth-order valence-electron chi connectivity index (χ4n) is 1.58. The summed E-state index contributed by atoms with van der Waals surface area (Å²) in [6.45, 7) is 1.86. The predicted octanol–water partition coefficient (Wildman–Crippen LogP) is 1.72. The normalized spacial score (nSPS) is 10.2. The highest BCUT2D eigenvalue weighted by Gasteiger charge is 2.16. The summed E-state index contributed by atoms with van der Waals surface area (Å²) in [7, 11) is 0. The highest BCUT2D eigenvalue weighted by molar-refractivity contribution is 7.17. The van der Waals surface area contributed by atoms with Gasteiger partial charge < -0.3 is 10.4 Å². The van der Waals surface area contributed by atoms with Gasteiger partial charge in [-0.3, -0.25) is 14.6 Å². The molecule has 2 aromatic rings. The molecule has 104 valence electrons. The van der Waals surface area contributed by atoms with Crippen LogP contribution in [0.2, 0.25) is 0 Å². The maximum absolute atomic E-state index is 11.9. The third-order valence-corrected chi connectivity index (χ3v) is 3.74. The van der Waals surface area contributed by atoms with E-state index < -0.39 is 5.97 Å². The van der Waals surface area contributed by atoms with Gasteiger partial charge in [0, 0.05) is 24.5 Å². The number of carbonyl (C=O) groups excluding carboxylic acids is 1. The van der Waals surface area contributed by atoms with E-state index in [2.05, 4.69) is 15.3 Å². The van der Waals surface area contributed by atoms with Gasteiger partial charge in [-0.25, -0.2) is 4.98 Å². The maximum atomic E-state index is 11.9. The fourth-order valence-corrected chi connectivity index (χ4v) is 2.56. The average Bonchev–Trinajstić information content (AvgIpc) is 2.81. The molecule has 6 nitrogen and oxygen atoms in total. The van der Waals surface area contributed by atoms with Gasteiger partial charge in [-0.2, -0.15) is 0 Å². The molecule has 0 aliphatic carbocycles. The smallest absolute Gasteiger partial charge is 0.305 e. The number of thiazole rings is 1. The van der Waals surface area contributed by atoms with Crippen molar-refractivity contribution in [1.82, 2.24) is 15.3 Å². The average molecular weight is 291 g/mol. The van der Waals surface area contributed by atoms with Gasteiger partial charge in [0.25, 0.3) is 5.91 Å². The lowest BCUT2D eigenvalue weighted by atomic mass is 10.3. The lowest BCUT2D eigenvalue weighted by Crippen LogP contribution is -2.25. The minimum absolute atomic E-state index is 0.0982. The first kappa shape index (κ1) is 14.1. The van der Waals surface area contributed by atoms with E-state index in [0.717, 1.165) is 10.6 Å². The predicted molar refractivity (Wildman–Crippen MR) is 74.7 cm³/mol. The van der Waals surface area contributed by atoms with E-state index >= 15 is 0 Å². The lowest BCUT2D eigenvalue weighted by Gasteiger charge is -2.00. The molecule has 0 fully saturated rings. The molecule has 0 spiro atoms. The summed E-state index contributed by atoms with van der Waals surface area (Å²) in [5.74, 6) is -1.24. The van der Waals surface area contributed by atoms with Crippen molar-refractivity contribution in [3.63, 3.8) is 0 Å². The van der Waals surface area contributed by atoms with Gasteiger partial charge in [-0.05, 0) is 19.1 Å². The standard InChI is InChI=1S/C13H13N3O3S/c1-8-11(12(19)15-6-4-10(17)18)20-13(16-8)9-3-2-5-14-7-9/h2-3,5,7H,4,6H2,1H3,(H,15,19)(H,17,18). The minimum atomic E-state index is -0.942. The van der Waals surface area contributed by atoms with Crippen LogP contribution in [0.15, 0.2) is 24.5 Å². The van der Waals surface area contributed by atoms with Crippen molar-refractivity contribution in [2.75, 3.05) is 6.54 Å². The topological polar surface area (TPSA) is 92.2 Å². The number of nitrogens with zero attached hydrogens (tertiary/aromatic N) is 2. The highest BCUT2D eigenvalue weighted by atomic mass is 32.1. The van der Waals surface area contributed by atoms with Crippen molar-refractivity contribution >= 4 is 23.2 Å². The Morgan fingerprint density at radius 3 is 2.90 bits per heavy atom. The Labute approximate surface area is 119 Å². The van der Waals surface area contributed by atoms with Crippen LogP contribution in [0.25, 0.3) is 10.6 Å². The van der Waals surface area contributed by atoms with Crippen LogP contribution in [0.4, 0.5) is 0 Å². The van der Waals surface area contributed by atoms with Crippen LogP contribution in [0.3, 0.4) is 0 Å². The molecule has 0 saturated carbocycles. The second-order valence-electron chi connectivity index (χ2n) is 4.07. The number of aromatic nitrogens is 2. The highest BCUT2D eigenvalue weighted by Crippen LogP contribution is 2.27.